The van der Waals surface area contributed by atoms with Crippen LogP contribution in [0.1, 0.15) is 11.1 Å². The van der Waals surface area contributed by atoms with Crippen LogP contribution in [-0.4, -0.2) is 48.5 Å². The molecule has 1 aromatic carbocycles. The fourth-order valence-electron chi connectivity index (χ4n) is 2.87. The maximum atomic E-state index is 10.6. The average Bonchev–Trinajstić information content (AvgIpc) is 3.02. The summed E-state index contributed by atoms with van der Waals surface area (Å²) in [7, 11) is 0. The van der Waals surface area contributed by atoms with E-state index in [1.807, 2.05) is 0 Å². The van der Waals surface area contributed by atoms with Gasteiger partial charge in [-0.15, -0.1) is 0 Å². The Morgan fingerprint density at radius 1 is 1.22 bits per heavy atom. The molecule has 128 valence electrons. The van der Waals surface area contributed by atoms with Crippen LogP contribution in [0.2, 0.25) is 0 Å². The van der Waals surface area contributed by atoms with Gasteiger partial charge in [0.15, 0.2) is 0 Å². The van der Waals surface area contributed by atoms with Gasteiger partial charge in [0.05, 0.1) is 13.2 Å². The first-order valence-corrected chi connectivity index (χ1v) is 7.41. The normalized spacial score (nSPS) is 24.0. The minimum absolute atomic E-state index is 0.797. The first-order valence-electron chi connectivity index (χ1n) is 7.41. The molecule has 2 fully saturated rings. The summed E-state index contributed by atoms with van der Waals surface area (Å²) in [6.07, 6.45) is -5.08. The summed E-state index contributed by atoms with van der Waals surface area (Å²) in [5, 5.41) is 7.12. The Bertz CT molecular complexity index is 518. The van der Waals surface area contributed by atoms with Crippen molar-refractivity contribution < 1.29 is 27.8 Å². The molecule has 2 heterocycles. The zero-order chi connectivity index (χ0) is 17.0. The highest BCUT2D eigenvalue weighted by Crippen LogP contribution is 2.29. The maximum absolute atomic E-state index is 10.6. The van der Waals surface area contributed by atoms with Gasteiger partial charge in [0.1, 0.15) is 0 Å². The number of hydrogen-bond acceptors (Lipinski definition) is 3. The number of halogens is 3. The Hall–Kier alpha value is -1.60. The van der Waals surface area contributed by atoms with Gasteiger partial charge in [-0.3, -0.25) is 4.90 Å². The predicted molar refractivity (Wildman–Crippen MR) is 77.9 cm³/mol. The molecule has 0 bridgehead atoms. The zero-order valence-electron chi connectivity index (χ0n) is 12.8. The summed E-state index contributed by atoms with van der Waals surface area (Å²) in [6, 6.07) is 8.91. The number of carbonyl (C=O) groups is 1. The molecular formula is C16H20F3NO3. The van der Waals surface area contributed by atoms with Gasteiger partial charge in [0.2, 0.25) is 0 Å². The third-order valence-electron chi connectivity index (χ3n) is 4.09. The molecule has 0 unspecified atom stereocenters. The smallest absolute Gasteiger partial charge is 0.475 e. The Morgan fingerprint density at radius 3 is 2.13 bits per heavy atom. The van der Waals surface area contributed by atoms with Gasteiger partial charge in [0.25, 0.3) is 0 Å². The molecule has 0 aromatic heterocycles. The number of rotatable bonds is 2. The lowest BCUT2D eigenvalue weighted by Gasteiger charge is -2.16. The van der Waals surface area contributed by atoms with Crippen LogP contribution in [-0.2, 0) is 16.1 Å². The lowest BCUT2D eigenvalue weighted by molar-refractivity contribution is -0.192. The number of nitrogens with zero attached hydrogens (tertiary/aromatic N) is 1. The number of benzene rings is 1. The fraction of sp³-hybridized carbons (Fsp3) is 0.562. The molecule has 3 rings (SSSR count). The van der Waals surface area contributed by atoms with Crippen LogP contribution in [0.3, 0.4) is 0 Å². The van der Waals surface area contributed by atoms with Gasteiger partial charge >= 0.3 is 12.1 Å². The molecule has 0 aliphatic carbocycles. The number of likely N-dealkylation sites (tertiary alicyclic amines) is 1. The first-order chi connectivity index (χ1) is 10.8. The van der Waals surface area contributed by atoms with E-state index in [1.54, 1.807) is 0 Å². The Morgan fingerprint density at radius 2 is 1.70 bits per heavy atom. The highest BCUT2D eigenvalue weighted by Gasteiger charge is 2.38. The number of hydrogen-bond donors (Lipinski definition) is 1. The van der Waals surface area contributed by atoms with E-state index in [0.29, 0.717) is 0 Å². The van der Waals surface area contributed by atoms with Crippen molar-refractivity contribution in [1.82, 2.24) is 4.90 Å². The lowest BCUT2D eigenvalue weighted by Crippen LogP contribution is -2.22. The third-order valence-corrected chi connectivity index (χ3v) is 4.09. The number of carboxylic acid groups (broad SMARTS) is 1. The number of carboxylic acids is 1. The predicted octanol–water partition coefficient (Wildman–Crippen LogP) is 2.71. The lowest BCUT2D eigenvalue weighted by atomic mass is 10.0. The summed E-state index contributed by atoms with van der Waals surface area (Å²) in [6.45, 7) is 7.65. The summed E-state index contributed by atoms with van der Waals surface area (Å²) in [5.41, 5.74) is 2.78. The van der Waals surface area contributed by atoms with E-state index < -0.39 is 12.1 Å². The molecule has 7 heteroatoms. The van der Waals surface area contributed by atoms with Crippen LogP contribution in [0.5, 0.6) is 0 Å². The Balaban J connectivity index is 0.000000236. The van der Waals surface area contributed by atoms with Crippen LogP contribution in [0.25, 0.3) is 0 Å². The summed E-state index contributed by atoms with van der Waals surface area (Å²) in [4.78, 5) is 11.5. The molecule has 23 heavy (non-hydrogen) atoms. The van der Waals surface area contributed by atoms with Crippen LogP contribution in [0.4, 0.5) is 13.2 Å². The van der Waals surface area contributed by atoms with E-state index >= 15 is 0 Å². The van der Waals surface area contributed by atoms with Crippen molar-refractivity contribution in [2.45, 2.75) is 19.6 Å². The number of fused-ring (bicyclic) bond motifs is 1. The van der Waals surface area contributed by atoms with E-state index in [9.17, 15) is 13.2 Å². The second kappa shape index (κ2) is 7.31. The SMILES string of the molecule is Cc1ccc(CN2C[C@H]3COC[C@H]3C2)cc1.O=C(O)C(F)(F)F. The van der Waals surface area contributed by atoms with Gasteiger partial charge in [-0.25, -0.2) is 4.79 Å². The molecule has 2 atom stereocenters. The van der Waals surface area contributed by atoms with Crippen molar-refractivity contribution in [2.24, 2.45) is 11.8 Å². The van der Waals surface area contributed by atoms with Crippen LogP contribution in [0, 0.1) is 18.8 Å². The molecule has 1 N–H and O–H groups in total. The van der Waals surface area contributed by atoms with E-state index in [2.05, 4.69) is 36.1 Å². The molecule has 2 saturated heterocycles. The van der Waals surface area contributed by atoms with E-state index in [1.165, 1.54) is 24.2 Å². The molecule has 0 saturated carbocycles. The van der Waals surface area contributed by atoms with E-state index in [0.717, 1.165) is 31.6 Å². The molecule has 0 amide bonds. The number of aliphatic carboxylic acids is 1. The summed E-state index contributed by atoms with van der Waals surface area (Å²) >= 11 is 0. The van der Waals surface area contributed by atoms with Crippen molar-refractivity contribution >= 4 is 5.97 Å². The topological polar surface area (TPSA) is 49.8 Å². The fourth-order valence-corrected chi connectivity index (χ4v) is 2.87. The molecule has 2 aliphatic heterocycles. The largest absolute Gasteiger partial charge is 0.490 e. The first kappa shape index (κ1) is 17.7. The molecule has 1 aromatic rings. The molecule has 4 nitrogen and oxygen atoms in total. The molecule has 0 spiro atoms. The quantitative estimate of drug-likeness (QED) is 0.905. The minimum Gasteiger partial charge on any atom is -0.475 e. The van der Waals surface area contributed by atoms with Crippen LogP contribution < -0.4 is 0 Å². The number of ether oxygens (including phenoxy) is 1. The van der Waals surface area contributed by atoms with Gasteiger partial charge < -0.3 is 9.84 Å². The van der Waals surface area contributed by atoms with Gasteiger partial charge in [-0.05, 0) is 12.5 Å². The van der Waals surface area contributed by atoms with Crippen molar-refractivity contribution in [3.63, 3.8) is 0 Å². The van der Waals surface area contributed by atoms with Crippen molar-refractivity contribution in [1.29, 1.82) is 0 Å². The molecule has 0 radical (unpaired) electrons. The minimum atomic E-state index is -5.08. The van der Waals surface area contributed by atoms with Crippen molar-refractivity contribution in [2.75, 3.05) is 26.3 Å². The van der Waals surface area contributed by atoms with Gasteiger partial charge in [-0.1, -0.05) is 29.8 Å². The highest BCUT2D eigenvalue weighted by atomic mass is 19.4. The maximum Gasteiger partial charge on any atom is 0.490 e. The van der Waals surface area contributed by atoms with Crippen LogP contribution >= 0.6 is 0 Å². The highest BCUT2D eigenvalue weighted by molar-refractivity contribution is 5.73. The van der Waals surface area contributed by atoms with Gasteiger partial charge in [0, 0.05) is 31.5 Å². The van der Waals surface area contributed by atoms with E-state index in [4.69, 9.17) is 14.6 Å². The Kier molecular flexibility index (Phi) is 5.64. The van der Waals surface area contributed by atoms with Crippen LogP contribution in [0.15, 0.2) is 24.3 Å². The zero-order valence-corrected chi connectivity index (χ0v) is 12.8. The van der Waals surface area contributed by atoms with Crippen molar-refractivity contribution in [3.05, 3.63) is 35.4 Å². The summed E-state index contributed by atoms with van der Waals surface area (Å²) in [5.74, 6) is -1.16. The average molecular weight is 331 g/mol. The number of alkyl halides is 3. The van der Waals surface area contributed by atoms with Gasteiger partial charge in [-0.2, -0.15) is 13.2 Å². The standard InChI is InChI=1S/C14H19NO.C2HF3O2/c1-11-2-4-12(5-3-11)6-15-7-13-9-16-10-14(13)8-15;3-2(4,5)1(6)7/h2-5,13-14H,6-10H2,1H3;(H,6,7)/t13-,14+;. The summed E-state index contributed by atoms with van der Waals surface area (Å²) < 4.78 is 37.2. The Labute approximate surface area is 132 Å². The third kappa shape index (κ3) is 5.21. The monoisotopic (exact) mass is 331 g/mol. The van der Waals surface area contributed by atoms with E-state index in [-0.39, 0.29) is 0 Å². The molecular weight excluding hydrogens is 311 g/mol. The second-order valence-corrected chi connectivity index (χ2v) is 6.04. The molecule has 2 aliphatic rings. The number of aryl methyl sites for hydroxylation is 1. The second-order valence-electron chi connectivity index (χ2n) is 6.04. The van der Waals surface area contributed by atoms with Crippen molar-refractivity contribution in [3.8, 4) is 0 Å².